The molecule has 3 heterocycles. The quantitative estimate of drug-likeness (QED) is 0.0505. The molecule has 6 rings (SSSR count). The Kier molecular flexibility index (Phi) is 18.4. The number of esters is 1. The van der Waals surface area contributed by atoms with Gasteiger partial charge < -0.3 is 53.6 Å². The zero-order valence-corrected chi connectivity index (χ0v) is 40.0. The molecule has 17 heteroatoms. The highest BCUT2D eigenvalue weighted by Crippen LogP contribution is 2.30. The number of fused-ring (bicyclic) bond motifs is 1. The van der Waals surface area contributed by atoms with Crippen LogP contribution in [0.3, 0.4) is 0 Å². The van der Waals surface area contributed by atoms with Crippen LogP contribution in [0.15, 0.2) is 84.5 Å². The molecular formula is C50H63N5O11S. The molecule has 0 radical (unpaired) electrons. The smallest absolute Gasteiger partial charge is 0.337 e. The van der Waals surface area contributed by atoms with Gasteiger partial charge in [0.05, 0.1) is 87.1 Å². The van der Waals surface area contributed by atoms with E-state index in [1.165, 1.54) is 12.0 Å². The van der Waals surface area contributed by atoms with Crippen LogP contribution in [0, 0.1) is 12.3 Å². The Balaban J connectivity index is 0.807. The maximum absolute atomic E-state index is 14.0. The van der Waals surface area contributed by atoms with Crippen molar-refractivity contribution in [3.05, 3.63) is 107 Å². The molecule has 3 amide bonds. The lowest BCUT2D eigenvalue weighted by molar-refractivity contribution is -0.144. The number of aromatic nitrogens is 2. The van der Waals surface area contributed by atoms with Crippen molar-refractivity contribution in [1.82, 2.24) is 25.1 Å². The lowest BCUT2D eigenvalue weighted by atomic mass is 9.85. The molecule has 16 nitrogen and oxygen atoms in total. The third-order valence-electron chi connectivity index (χ3n) is 11.4. The first-order valence-corrected chi connectivity index (χ1v) is 23.4. The monoisotopic (exact) mass is 941 g/mol. The highest BCUT2D eigenvalue weighted by molar-refractivity contribution is 7.13. The standard InChI is InChI=1S/C50H63N5O11S/c1-33(36-9-12-38(13-10-36)45-34(2)51-32-67-45)52-47(58)43-28-40(56)30-55(43)48(59)46(50(3,4)5)53-44(57)31-65-24-23-63-20-19-62-21-22-64-25-26-66-41-15-7-35(8-16-41)29-54-18-17-37-11-14-39(27-42(37)54)49(60)61-6/h7-18,27,32-33,40,43,46,56H,19-26,28-31H2,1-6H3,(H,52,58)(H,53,57)/t33-,40+,43-,46+/m0/s1. The predicted molar refractivity (Wildman–Crippen MR) is 254 cm³/mol. The van der Waals surface area contributed by atoms with E-state index in [9.17, 15) is 24.3 Å². The molecule has 3 aromatic carbocycles. The van der Waals surface area contributed by atoms with E-state index < -0.39 is 35.4 Å². The summed E-state index contributed by atoms with van der Waals surface area (Å²) in [7, 11) is 1.37. The van der Waals surface area contributed by atoms with E-state index in [1.807, 2.05) is 113 Å². The summed E-state index contributed by atoms with van der Waals surface area (Å²) in [5, 5.41) is 17.5. The number of amides is 3. The van der Waals surface area contributed by atoms with Crippen LogP contribution < -0.4 is 15.4 Å². The zero-order valence-electron chi connectivity index (χ0n) is 39.2. The fourth-order valence-electron chi connectivity index (χ4n) is 7.72. The van der Waals surface area contributed by atoms with E-state index in [2.05, 4.69) is 20.2 Å². The molecule has 0 spiro atoms. The lowest BCUT2D eigenvalue weighted by Gasteiger charge is -2.35. The molecule has 1 saturated heterocycles. The topological polar surface area (TPSA) is 189 Å². The van der Waals surface area contributed by atoms with Crippen LogP contribution in [0.2, 0.25) is 0 Å². The van der Waals surface area contributed by atoms with Crippen molar-refractivity contribution in [3.63, 3.8) is 0 Å². The molecule has 360 valence electrons. The van der Waals surface area contributed by atoms with Crippen molar-refractivity contribution in [1.29, 1.82) is 0 Å². The van der Waals surface area contributed by atoms with Crippen molar-refractivity contribution < 1.29 is 52.7 Å². The minimum absolute atomic E-state index is 0.0214. The summed E-state index contributed by atoms with van der Waals surface area (Å²) in [6.45, 7) is 12.3. The van der Waals surface area contributed by atoms with E-state index in [4.69, 9.17) is 28.4 Å². The van der Waals surface area contributed by atoms with Crippen molar-refractivity contribution in [2.75, 3.05) is 73.1 Å². The van der Waals surface area contributed by atoms with Gasteiger partial charge in [0.25, 0.3) is 0 Å². The number of benzene rings is 3. The molecule has 0 unspecified atom stereocenters. The normalized spacial score (nSPS) is 15.9. The number of aliphatic hydroxyl groups is 1. The molecular weight excluding hydrogens is 879 g/mol. The van der Waals surface area contributed by atoms with E-state index in [0.717, 1.165) is 43.9 Å². The third-order valence-corrected chi connectivity index (χ3v) is 12.4. The number of ether oxygens (including phenoxy) is 6. The summed E-state index contributed by atoms with van der Waals surface area (Å²) in [5.74, 6) is -0.931. The van der Waals surface area contributed by atoms with Gasteiger partial charge in [-0.3, -0.25) is 14.4 Å². The largest absolute Gasteiger partial charge is 0.491 e. The SMILES string of the molecule is COC(=O)c1ccc2ccn(Cc3ccc(OCCOCCOCCOCCOCC(=O)N[C@H](C(=O)N4C[C@H](O)C[C@H]4C(=O)N[C@@H](C)c4ccc(-c5scnc5C)cc4)C(C)(C)C)cc3)c2c1. The molecule has 1 fully saturated rings. The number of nitrogens with one attached hydrogen (secondary N) is 2. The Labute approximate surface area is 395 Å². The Hall–Kier alpha value is -5.69. The van der Waals surface area contributed by atoms with Gasteiger partial charge in [-0.25, -0.2) is 9.78 Å². The average molecular weight is 942 g/mol. The van der Waals surface area contributed by atoms with Gasteiger partial charge in [0.1, 0.15) is 31.0 Å². The second-order valence-corrected chi connectivity index (χ2v) is 18.3. The van der Waals surface area contributed by atoms with Crippen LogP contribution >= 0.6 is 11.3 Å². The van der Waals surface area contributed by atoms with Gasteiger partial charge in [-0.15, -0.1) is 11.3 Å². The third kappa shape index (κ3) is 14.4. The summed E-state index contributed by atoms with van der Waals surface area (Å²) in [5.41, 5.74) is 6.57. The van der Waals surface area contributed by atoms with Crippen LogP contribution in [0.1, 0.15) is 67.3 Å². The van der Waals surface area contributed by atoms with Crippen molar-refractivity contribution in [2.24, 2.45) is 5.41 Å². The number of carbonyl (C=O) groups is 4. The van der Waals surface area contributed by atoms with Gasteiger partial charge in [-0.1, -0.05) is 63.2 Å². The molecule has 1 aliphatic heterocycles. The lowest BCUT2D eigenvalue weighted by Crippen LogP contribution is -2.58. The fraction of sp³-hybridized carbons (Fsp3) is 0.460. The fourth-order valence-corrected chi connectivity index (χ4v) is 8.53. The molecule has 67 heavy (non-hydrogen) atoms. The Morgan fingerprint density at radius 1 is 0.851 bits per heavy atom. The molecule has 0 saturated carbocycles. The highest BCUT2D eigenvalue weighted by atomic mass is 32.1. The first kappa shape index (κ1) is 50.7. The number of thiazole rings is 1. The van der Waals surface area contributed by atoms with Crippen LogP contribution in [0.4, 0.5) is 0 Å². The van der Waals surface area contributed by atoms with Crippen molar-refractivity contribution in [2.45, 2.75) is 71.8 Å². The molecule has 0 aliphatic carbocycles. The predicted octanol–water partition coefficient (Wildman–Crippen LogP) is 5.72. The van der Waals surface area contributed by atoms with Crippen molar-refractivity contribution in [3.8, 4) is 16.2 Å². The maximum atomic E-state index is 14.0. The van der Waals surface area contributed by atoms with Gasteiger partial charge in [0, 0.05) is 31.2 Å². The molecule has 1 aliphatic rings. The van der Waals surface area contributed by atoms with Gasteiger partial charge in [0.15, 0.2) is 0 Å². The Morgan fingerprint density at radius 2 is 1.51 bits per heavy atom. The highest BCUT2D eigenvalue weighted by Gasteiger charge is 2.44. The zero-order chi connectivity index (χ0) is 47.9. The summed E-state index contributed by atoms with van der Waals surface area (Å²) in [4.78, 5) is 59.3. The van der Waals surface area contributed by atoms with E-state index >= 15 is 0 Å². The average Bonchev–Trinajstić information content (AvgIpc) is 4.05. The number of rotatable bonds is 24. The minimum atomic E-state index is -0.970. The van der Waals surface area contributed by atoms with Gasteiger partial charge in [0.2, 0.25) is 17.7 Å². The Bertz CT molecular complexity index is 2400. The van der Waals surface area contributed by atoms with Gasteiger partial charge in [-0.2, -0.15) is 0 Å². The molecule has 0 bridgehead atoms. The Morgan fingerprint density at radius 3 is 2.13 bits per heavy atom. The number of aryl methyl sites for hydroxylation is 1. The van der Waals surface area contributed by atoms with E-state index in [0.29, 0.717) is 51.7 Å². The van der Waals surface area contributed by atoms with Crippen LogP contribution in [-0.4, -0.2) is 135 Å². The molecule has 2 aromatic heterocycles. The number of nitrogens with zero attached hydrogens (tertiary/aromatic N) is 3. The van der Waals surface area contributed by atoms with Crippen molar-refractivity contribution >= 4 is 45.9 Å². The first-order valence-electron chi connectivity index (χ1n) is 22.5. The number of hydrogen-bond acceptors (Lipinski definition) is 13. The second-order valence-electron chi connectivity index (χ2n) is 17.5. The summed E-state index contributed by atoms with van der Waals surface area (Å²) in [6, 6.07) is 21.1. The number of β-amino-alcohol motifs (C(OH)–C–C–N with tert-alkyl or cyclic N) is 1. The van der Waals surface area contributed by atoms with E-state index in [-0.39, 0.29) is 50.7 Å². The summed E-state index contributed by atoms with van der Waals surface area (Å²) >= 11 is 1.57. The van der Waals surface area contributed by atoms with Gasteiger partial charge in [-0.05, 0) is 71.7 Å². The van der Waals surface area contributed by atoms with Crippen LogP contribution in [0.5, 0.6) is 5.75 Å². The number of likely N-dealkylation sites (tertiary alicyclic amines) is 1. The van der Waals surface area contributed by atoms with E-state index in [1.54, 1.807) is 17.4 Å². The van der Waals surface area contributed by atoms with Crippen LogP contribution in [-0.2, 0) is 44.6 Å². The number of aliphatic hydroxyl groups excluding tert-OH is 1. The second kappa shape index (κ2) is 24.4. The molecule has 5 aromatic rings. The number of hydrogen-bond donors (Lipinski definition) is 3. The van der Waals surface area contributed by atoms with Gasteiger partial charge >= 0.3 is 5.97 Å². The number of carbonyl (C=O) groups excluding carboxylic acids is 4. The molecule has 3 N–H and O–H groups in total. The summed E-state index contributed by atoms with van der Waals surface area (Å²) < 4.78 is 35.1. The maximum Gasteiger partial charge on any atom is 0.337 e. The van der Waals surface area contributed by atoms with Crippen LogP contribution in [0.25, 0.3) is 21.3 Å². The summed E-state index contributed by atoms with van der Waals surface area (Å²) in [6.07, 6.45) is 1.21. The molecule has 4 atom stereocenters. The minimum Gasteiger partial charge on any atom is -0.491 e. The number of methoxy groups -OCH3 is 1. The first-order chi connectivity index (χ1) is 32.2.